The minimum absolute atomic E-state index is 0.0918. The van der Waals surface area contributed by atoms with Gasteiger partial charge in [-0.2, -0.15) is 4.31 Å². The molecule has 0 bridgehead atoms. The number of para-hydroxylation sites is 1. The van der Waals surface area contributed by atoms with Crippen LogP contribution < -0.4 is 19.5 Å². The third-order valence-electron chi connectivity index (χ3n) is 7.83. The molecule has 1 atom stereocenters. The molecule has 0 amide bonds. The molecule has 4 aromatic rings. The largest absolute Gasteiger partial charge is 0.497 e. The molecule has 234 valence electrons. The smallest absolute Gasteiger partial charge is 0.243 e. The van der Waals surface area contributed by atoms with Crippen molar-refractivity contribution in [2.75, 3.05) is 58.4 Å². The second kappa shape index (κ2) is 14.2. The monoisotopic (exact) mass is 619 g/mol. The molecule has 0 aliphatic carbocycles. The van der Waals surface area contributed by atoms with E-state index in [1.807, 2.05) is 50.2 Å². The maximum atomic E-state index is 13.2. The van der Waals surface area contributed by atoms with Crippen LogP contribution in [-0.4, -0.2) is 80.6 Å². The number of anilines is 1. The van der Waals surface area contributed by atoms with Gasteiger partial charge in [0.15, 0.2) is 11.5 Å². The van der Waals surface area contributed by atoms with E-state index in [9.17, 15) is 8.42 Å². The highest BCUT2D eigenvalue weighted by molar-refractivity contribution is 7.89. The van der Waals surface area contributed by atoms with Crippen molar-refractivity contribution in [3.8, 4) is 17.2 Å². The Bertz CT molecular complexity index is 1660. The molecule has 5 rings (SSSR count). The number of sulfonamides is 1. The van der Waals surface area contributed by atoms with Gasteiger partial charge in [-0.05, 0) is 81.3 Å². The molecule has 3 aromatic carbocycles. The summed E-state index contributed by atoms with van der Waals surface area (Å²) in [5.74, 6) is 3.63. The van der Waals surface area contributed by atoms with Gasteiger partial charge < -0.3 is 19.5 Å². The third kappa shape index (κ3) is 7.06. The van der Waals surface area contributed by atoms with Gasteiger partial charge in [0.1, 0.15) is 17.4 Å². The van der Waals surface area contributed by atoms with Crippen LogP contribution in [-0.2, 0) is 16.4 Å². The maximum Gasteiger partial charge on any atom is 0.243 e. The van der Waals surface area contributed by atoms with Gasteiger partial charge in [-0.25, -0.2) is 18.4 Å². The average Bonchev–Trinajstić information content (AvgIpc) is 3.05. The van der Waals surface area contributed by atoms with Crippen LogP contribution in [0.25, 0.3) is 10.9 Å². The molecule has 11 heteroatoms. The minimum atomic E-state index is -3.59. The van der Waals surface area contributed by atoms with Crippen LogP contribution in [0.3, 0.4) is 0 Å². The fourth-order valence-electron chi connectivity index (χ4n) is 5.38. The highest BCUT2D eigenvalue weighted by Gasteiger charge is 2.31. The molecule has 0 radical (unpaired) electrons. The van der Waals surface area contributed by atoms with Crippen molar-refractivity contribution in [3.63, 3.8) is 0 Å². The molecule has 2 heterocycles. The molecule has 1 aliphatic heterocycles. The van der Waals surface area contributed by atoms with Gasteiger partial charge in [-0.15, -0.1) is 0 Å². The van der Waals surface area contributed by atoms with Crippen LogP contribution in [0.5, 0.6) is 17.2 Å². The topological polar surface area (TPSA) is 106 Å². The highest BCUT2D eigenvalue weighted by Crippen LogP contribution is 2.30. The first-order chi connectivity index (χ1) is 21.3. The van der Waals surface area contributed by atoms with Crippen LogP contribution in [0.1, 0.15) is 38.2 Å². The quantitative estimate of drug-likeness (QED) is 0.217. The molecule has 1 aromatic heterocycles. The molecule has 0 saturated carbocycles. The highest BCUT2D eigenvalue weighted by atomic mass is 32.2. The number of hydrogen-bond acceptors (Lipinski definition) is 9. The van der Waals surface area contributed by atoms with E-state index in [2.05, 4.69) is 23.2 Å². The standard InChI is InChI=1S/C33H41N5O5S/c1-5-42-30-16-11-25(23-31(30)43-6-2)17-18-34-33-28-9-7-8-10-29(28)35-32(36-33)24(3)37-19-21-38(22-20-37)44(39,40)27-14-12-26(41-4)13-15-27/h7-16,23-24H,5-6,17-22H2,1-4H3,(H,34,35,36)/t24-/m1/s1. The Hall–Kier alpha value is -3.93. The van der Waals surface area contributed by atoms with E-state index in [1.54, 1.807) is 35.7 Å². The van der Waals surface area contributed by atoms with Gasteiger partial charge in [-0.3, -0.25) is 4.90 Å². The van der Waals surface area contributed by atoms with Gasteiger partial charge in [0, 0.05) is 38.1 Å². The molecule has 10 nitrogen and oxygen atoms in total. The molecule has 0 unspecified atom stereocenters. The van der Waals surface area contributed by atoms with Crippen LogP contribution in [0.4, 0.5) is 5.82 Å². The summed E-state index contributed by atoms with van der Waals surface area (Å²) in [6.07, 6.45) is 0.778. The lowest BCUT2D eigenvalue weighted by atomic mass is 10.1. The summed E-state index contributed by atoms with van der Waals surface area (Å²) in [7, 11) is -2.03. The Morgan fingerprint density at radius 3 is 2.30 bits per heavy atom. The predicted molar refractivity (Wildman–Crippen MR) is 172 cm³/mol. The van der Waals surface area contributed by atoms with Crippen LogP contribution in [0, 0.1) is 0 Å². The first kappa shape index (κ1) is 31.5. The summed E-state index contributed by atoms with van der Waals surface area (Å²) in [5, 5.41) is 4.50. The lowest BCUT2D eigenvalue weighted by Gasteiger charge is -2.36. The first-order valence-electron chi connectivity index (χ1n) is 15.1. The van der Waals surface area contributed by atoms with Gasteiger partial charge in [0.25, 0.3) is 0 Å². The summed E-state index contributed by atoms with van der Waals surface area (Å²) in [6, 6.07) is 20.5. The summed E-state index contributed by atoms with van der Waals surface area (Å²) >= 11 is 0. The minimum Gasteiger partial charge on any atom is -0.497 e. The van der Waals surface area contributed by atoms with Gasteiger partial charge >= 0.3 is 0 Å². The van der Waals surface area contributed by atoms with Gasteiger partial charge in [-0.1, -0.05) is 18.2 Å². The van der Waals surface area contributed by atoms with E-state index in [-0.39, 0.29) is 10.9 Å². The van der Waals surface area contributed by atoms with Crippen molar-refractivity contribution in [2.45, 2.75) is 38.1 Å². The van der Waals surface area contributed by atoms with Crippen LogP contribution in [0.2, 0.25) is 0 Å². The van der Waals surface area contributed by atoms with E-state index in [1.165, 1.54) is 0 Å². The Kier molecular flexibility index (Phi) is 10.2. The molecule has 1 fully saturated rings. The second-order valence-electron chi connectivity index (χ2n) is 10.6. The predicted octanol–water partition coefficient (Wildman–Crippen LogP) is 5.16. The molecular formula is C33H41N5O5S. The molecule has 1 N–H and O–H groups in total. The van der Waals surface area contributed by atoms with Gasteiger partial charge in [0.2, 0.25) is 10.0 Å². The zero-order valence-electron chi connectivity index (χ0n) is 25.8. The SMILES string of the molecule is CCOc1ccc(CCNc2nc([C@@H](C)N3CCN(S(=O)(=O)c4ccc(OC)cc4)CC3)nc3ccccc23)cc1OCC. The number of rotatable bonds is 13. The van der Waals surface area contributed by atoms with Crippen LogP contribution >= 0.6 is 0 Å². The van der Waals surface area contributed by atoms with Crippen molar-refractivity contribution in [1.29, 1.82) is 0 Å². The third-order valence-corrected chi connectivity index (χ3v) is 9.74. The van der Waals surface area contributed by atoms with E-state index < -0.39 is 10.0 Å². The Morgan fingerprint density at radius 1 is 0.886 bits per heavy atom. The lowest BCUT2D eigenvalue weighted by Crippen LogP contribution is -2.49. The van der Waals surface area contributed by atoms with Gasteiger partial charge in [0.05, 0.1) is 36.8 Å². The summed E-state index contributed by atoms with van der Waals surface area (Å²) < 4.78 is 44.7. The maximum absolute atomic E-state index is 13.2. The van der Waals surface area contributed by atoms with E-state index in [0.29, 0.717) is 57.5 Å². The number of methoxy groups -OCH3 is 1. The molecule has 1 saturated heterocycles. The number of hydrogen-bond donors (Lipinski definition) is 1. The molecule has 1 aliphatic rings. The number of ether oxygens (including phenoxy) is 3. The summed E-state index contributed by atoms with van der Waals surface area (Å²) in [6.45, 7) is 9.78. The van der Waals surface area contributed by atoms with E-state index in [0.717, 1.165) is 40.2 Å². The molecular weight excluding hydrogens is 578 g/mol. The summed E-state index contributed by atoms with van der Waals surface area (Å²) in [5.41, 5.74) is 2.01. The first-order valence-corrected chi connectivity index (χ1v) is 16.5. The fourth-order valence-corrected chi connectivity index (χ4v) is 6.81. The number of aromatic nitrogens is 2. The zero-order valence-corrected chi connectivity index (χ0v) is 26.6. The van der Waals surface area contributed by atoms with E-state index in [4.69, 9.17) is 24.2 Å². The number of nitrogens with zero attached hydrogens (tertiary/aromatic N) is 4. The number of piperazine rings is 1. The average molecular weight is 620 g/mol. The molecule has 44 heavy (non-hydrogen) atoms. The van der Waals surface area contributed by atoms with Crippen molar-refractivity contribution in [1.82, 2.24) is 19.2 Å². The normalized spacial score (nSPS) is 15.2. The zero-order chi connectivity index (χ0) is 31.1. The number of fused-ring (bicyclic) bond motifs is 1. The van der Waals surface area contributed by atoms with Crippen molar-refractivity contribution in [3.05, 3.63) is 78.1 Å². The van der Waals surface area contributed by atoms with Crippen molar-refractivity contribution >= 4 is 26.7 Å². The van der Waals surface area contributed by atoms with Crippen LogP contribution in [0.15, 0.2) is 71.6 Å². The lowest BCUT2D eigenvalue weighted by molar-refractivity contribution is 0.141. The fraction of sp³-hybridized carbons (Fsp3) is 0.394. The van der Waals surface area contributed by atoms with Crippen molar-refractivity contribution in [2.24, 2.45) is 0 Å². The second-order valence-corrected chi connectivity index (χ2v) is 12.5. The molecule has 0 spiro atoms. The Morgan fingerprint density at radius 2 is 1.59 bits per heavy atom. The van der Waals surface area contributed by atoms with Crippen molar-refractivity contribution < 1.29 is 22.6 Å². The Labute approximate surface area is 260 Å². The number of benzene rings is 3. The summed E-state index contributed by atoms with van der Waals surface area (Å²) in [4.78, 5) is 12.4. The number of nitrogens with one attached hydrogen (secondary N) is 1. The van der Waals surface area contributed by atoms with E-state index >= 15 is 0 Å². The Balaban J connectivity index is 1.27.